The van der Waals surface area contributed by atoms with Crippen molar-refractivity contribution in [1.82, 2.24) is 5.32 Å². The molecule has 0 bridgehead atoms. The zero-order valence-corrected chi connectivity index (χ0v) is 9.66. The molecule has 1 aliphatic heterocycles. The van der Waals surface area contributed by atoms with Crippen molar-refractivity contribution in [2.45, 2.75) is 32.1 Å². The first-order chi connectivity index (χ1) is 7.72. The Labute approximate surface area is 96.1 Å². The number of benzene rings is 1. The second kappa shape index (κ2) is 4.74. The predicted molar refractivity (Wildman–Crippen MR) is 64.0 cm³/mol. The van der Waals surface area contributed by atoms with Crippen molar-refractivity contribution in [3.63, 3.8) is 0 Å². The monoisotopic (exact) mass is 221 g/mol. The fraction of sp³-hybridized carbons (Fsp3) is 0.538. The van der Waals surface area contributed by atoms with E-state index in [0.29, 0.717) is 5.92 Å². The Morgan fingerprint density at radius 3 is 2.50 bits per heavy atom. The van der Waals surface area contributed by atoms with Gasteiger partial charge in [0.25, 0.3) is 0 Å². The van der Waals surface area contributed by atoms with E-state index in [9.17, 15) is 10.2 Å². The number of hydrogen-bond donors (Lipinski definition) is 3. The van der Waals surface area contributed by atoms with Crippen LogP contribution in [0.25, 0.3) is 0 Å². The average molecular weight is 221 g/mol. The van der Waals surface area contributed by atoms with Crippen LogP contribution in [0.5, 0.6) is 11.5 Å². The highest BCUT2D eigenvalue weighted by Crippen LogP contribution is 2.36. The molecule has 1 saturated heterocycles. The van der Waals surface area contributed by atoms with Crippen LogP contribution in [0.3, 0.4) is 0 Å². The standard InChI is InChI=1S/C13H19NO2/c1-2-9-7-11(13(16)8-12(9)15)10-3-5-14-6-4-10/h7-8,10,14-16H,2-6H2,1H3. The average Bonchev–Trinajstić information content (AvgIpc) is 2.30. The van der Waals surface area contributed by atoms with Gasteiger partial charge >= 0.3 is 0 Å². The summed E-state index contributed by atoms with van der Waals surface area (Å²) in [7, 11) is 0. The summed E-state index contributed by atoms with van der Waals surface area (Å²) in [6, 6.07) is 3.44. The minimum Gasteiger partial charge on any atom is -0.508 e. The lowest BCUT2D eigenvalue weighted by Crippen LogP contribution is -2.26. The summed E-state index contributed by atoms with van der Waals surface area (Å²) in [5.74, 6) is 0.867. The molecule has 3 N–H and O–H groups in total. The van der Waals surface area contributed by atoms with E-state index in [1.807, 2.05) is 13.0 Å². The third-order valence-corrected chi connectivity index (χ3v) is 3.39. The molecule has 1 heterocycles. The van der Waals surface area contributed by atoms with Gasteiger partial charge in [0, 0.05) is 6.07 Å². The van der Waals surface area contributed by atoms with Crippen LogP contribution in [0.2, 0.25) is 0 Å². The van der Waals surface area contributed by atoms with Crippen molar-refractivity contribution in [2.75, 3.05) is 13.1 Å². The molecular formula is C13H19NO2. The van der Waals surface area contributed by atoms with Gasteiger partial charge in [-0.05, 0) is 55.5 Å². The molecule has 1 fully saturated rings. The van der Waals surface area contributed by atoms with Gasteiger partial charge in [-0.25, -0.2) is 0 Å². The van der Waals surface area contributed by atoms with Crippen LogP contribution in [-0.4, -0.2) is 23.3 Å². The maximum absolute atomic E-state index is 9.88. The van der Waals surface area contributed by atoms with Gasteiger partial charge in [-0.15, -0.1) is 0 Å². The zero-order chi connectivity index (χ0) is 11.5. The molecule has 2 rings (SSSR count). The molecule has 3 heteroatoms. The number of aromatic hydroxyl groups is 2. The Morgan fingerprint density at radius 2 is 1.88 bits per heavy atom. The molecule has 0 radical (unpaired) electrons. The number of hydrogen-bond acceptors (Lipinski definition) is 3. The van der Waals surface area contributed by atoms with E-state index in [2.05, 4.69) is 5.32 Å². The van der Waals surface area contributed by atoms with E-state index in [0.717, 1.165) is 43.5 Å². The van der Waals surface area contributed by atoms with Crippen LogP contribution >= 0.6 is 0 Å². The first kappa shape index (κ1) is 11.3. The zero-order valence-electron chi connectivity index (χ0n) is 9.66. The smallest absolute Gasteiger partial charge is 0.122 e. The number of phenols is 2. The molecule has 1 aromatic rings. The molecule has 1 aliphatic rings. The molecule has 0 aliphatic carbocycles. The quantitative estimate of drug-likeness (QED) is 0.717. The molecule has 0 unspecified atom stereocenters. The van der Waals surface area contributed by atoms with E-state index in [-0.39, 0.29) is 11.5 Å². The van der Waals surface area contributed by atoms with Gasteiger partial charge < -0.3 is 15.5 Å². The summed E-state index contributed by atoms with van der Waals surface area (Å²) in [4.78, 5) is 0. The van der Waals surface area contributed by atoms with Crippen molar-refractivity contribution < 1.29 is 10.2 Å². The highest BCUT2D eigenvalue weighted by molar-refractivity contribution is 5.46. The Bertz CT molecular complexity index is 370. The van der Waals surface area contributed by atoms with E-state index in [1.165, 1.54) is 6.07 Å². The number of aryl methyl sites for hydroxylation is 1. The minimum absolute atomic E-state index is 0.206. The second-order valence-electron chi connectivity index (χ2n) is 4.42. The number of rotatable bonds is 2. The Morgan fingerprint density at radius 1 is 1.19 bits per heavy atom. The van der Waals surface area contributed by atoms with Crippen molar-refractivity contribution in [3.8, 4) is 11.5 Å². The summed E-state index contributed by atoms with van der Waals surface area (Å²) in [5.41, 5.74) is 1.92. The summed E-state index contributed by atoms with van der Waals surface area (Å²) in [6.45, 7) is 4.02. The molecule has 0 atom stereocenters. The number of piperidine rings is 1. The molecule has 0 saturated carbocycles. The normalized spacial score (nSPS) is 17.6. The van der Waals surface area contributed by atoms with Crippen molar-refractivity contribution in [1.29, 1.82) is 0 Å². The van der Waals surface area contributed by atoms with Gasteiger partial charge in [-0.3, -0.25) is 0 Å². The van der Waals surface area contributed by atoms with Crippen molar-refractivity contribution in [3.05, 3.63) is 23.3 Å². The Kier molecular flexibility index (Phi) is 3.34. The van der Waals surface area contributed by atoms with Gasteiger partial charge in [0.2, 0.25) is 0 Å². The van der Waals surface area contributed by atoms with Crippen LogP contribution in [0.15, 0.2) is 12.1 Å². The van der Waals surface area contributed by atoms with Gasteiger partial charge in [0.05, 0.1) is 0 Å². The molecule has 0 amide bonds. The lowest BCUT2D eigenvalue weighted by Gasteiger charge is -2.24. The summed E-state index contributed by atoms with van der Waals surface area (Å²) < 4.78 is 0. The van der Waals surface area contributed by atoms with E-state index < -0.39 is 0 Å². The largest absolute Gasteiger partial charge is 0.508 e. The lowest BCUT2D eigenvalue weighted by atomic mass is 9.88. The molecule has 1 aromatic carbocycles. The Balaban J connectivity index is 2.31. The van der Waals surface area contributed by atoms with Gasteiger partial charge in [0.15, 0.2) is 0 Å². The van der Waals surface area contributed by atoms with Crippen LogP contribution in [0.4, 0.5) is 0 Å². The molecular weight excluding hydrogens is 202 g/mol. The topological polar surface area (TPSA) is 52.5 Å². The number of nitrogens with one attached hydrogen (secondary N) is 1. The summed E-state index contributed by atoms with van der Waals surface area (Å²) in [5, 5.41) is 22.8. The predicted octanol–water partition coefficient (Wildman–Crippen LogP) is 2.13. The molecule has 0 spiro atoms. The third kappa shape index (κ3) is 2.14. The van der Waals surface area contributed by atoms with Crippen LogP contribution in [0, 0.1) is 0 Å². The van der Waals surface area contributed by atoms with Gasteiger partial charge in [-0.1, -0.05) is 6.92 Å². The third-order valence-electron chi connectivity index (χ3n) is 3.39. The van der Waals surface area contributed by atoms with E-state index in [4.69, 9.17) is 0 Å². The minimum atomic E-state index is 0.206. The van der Waals surface area contributed by atoms with E-state index in [1.54, 1.807) is 0 Å². The van der Waals surface area contributed by atoms with Crippen LogP contribution < -0.4 is 5.32 Å². The van der Waals surface area contributed by atoms with Crippen LogP contribution in [0.1, 0.15) is 36.8 Å². The molecule has 88 valence electrons. The highest BCUT2D eigenvalue weighted by Gasteiger charge is 2.19. The van der Waals surface area contributed by atoms with Gasteiger partial charge in [-0.2, -0.15) is 0 Å². The lowest BCUT2D eigenvalue weighted by molar-refractivity contribution is 0.415. The maximum atomic E-state index is 9.88. The molecule has 0 aromatic heterocycles. The fourth-order valence-corrected chi connectivity index (χ4v) is 2.38. The Hall–Kier alpha value is -1.22. The number of phenolic OH excluding ortho intramolecular Hbond substituents is 2. The summed E-state index contributed by atoms with van der Waals surface area (Å²) in [6.07, 6.45) is 2.91. The maximum Gasteiger partial charge on any atom is 0.122 e. The van der Waals surface area contributed by atoms with Crippen molar-refractivity contribution in [2.24, 2.45) is 0 Å². The summed E-state index contributed by atoms with van der Waals surface area (Å²) >= 11 is 0. The van der Waals surface area contributed by atoms with Crippen LogP contribution in [-0.2, 0) is 6.42 Å². The SMILES string of the molecule is CCc1cc(C2CCNCC2)c(O)cc1O. The van der Waals surface area contributed by atoms with Gasteiger partial charge in [0.1, 0.15) is 11.5 Å². The second-order valence-corrected chi connectivity index (χ2v) is 4.42. The highest BCUT2D eigenvalue weighted by atomic mass is 16.3. The molecule has 3 nitrogen and oxygen atoms in total. The molecule has 16 heavy (non-hydrogen) atoms. The van der Waals surface area contributed by atoms with Crippen molar-refractivity contribution >= 4 is 0 Å². The first-order valence-corrected chi connectivity index (χ1v) is 5.97. The van der Waals surface area contributed by atoms with E-state index >= 15 is 0 Å². The fourth-order valence-electron chi connectivity index (χ4n) is 2.38. The first-order valence-electron chi connectivity index (χ1n) is 5.97.